The quantitative estimate of drug-likeness (QED) is 0.867. The van der Waals surface area contributed by atoms with Crippen LogP contribution in [-0.2, 0) is 16.3 Å². The predicted octanol–water partition coefficient (Wildman–Crippen LogP) is 2.02. The summed E-state index contributed by atoms with van der Waals surface area (Å²) >= 11 is 0. The molecule has 25 heavy (non-hydrogen) atoms. The predicted molar refractivity (Wildman–Crippen MR) is 88.6 cm³/mol. The average molecular weight is 364 g/mol. The van der Waals surface area contributed by atoms with Gasteiger partial charge in [0, 0.05) is 0 Å². The molecule has 0 fully saturated rings. The number of ether oxygens (including phenoxy) is 1. The van der Waals surface area contributed by atoms with Crippen LogP contribution in [0.3, 0.4) is 0 Å². The van der Waals surface area contributed by atoms with Gasteiger partial charge in [0.05, 0.1) is 16.3 Å². The molecule has 0 radical (unpaired) electrons. The van der Waals surface area contributed by atoms with E-state index in [9.17, 15) is 17.6 Å². The molecular formula is C17H17FN2O4S. The summed E-state index contributed by atoms with van der Waals surface area (Å²) in [4.78, 5) is 10.7. The summed E-state index contributed by atoms with van der Waals surface area (Å²) in [7, 11) is -3.85. The zero-order valence-corrected chi connectivity index (χ0v) is 14.1. The van der Waals surface area contributed by atoms with Crippen molar-refractivity contribution >= 4 is 15.9 Å². The first-order valence-corrected chi connectivity index (χ1v) is 9.18. The first-order valence-electron chi connectivity index (χ1n) is 7.70. The van der Waals surface area contributed by atoms with E-state index in [2.05, 4.69) is 5.32 Å². The van der Waals surface area contributed by atoms with Crippen LogP contribution in [0.15, 0.2) is 52.3 Å². The molecule has 1 atom stereocenters. The number of hydrogen-bond acceptors (Lipinski definition) is 4. The van der Waals surface area contributed by atoms with E-state index in [0.717, 1.165) is 11.6 Å². The number of hydrogen-bond donors (Lipinski definition) is 2. The third-order valence-electron chi connectivity index (χ3n) is 3.99. The summed E-state index contributed by atoms with van der Waals surface area (Å²) in [6.45, 7) is 0.246. The molecule has 1 heterocycles. The van der Waals surface area contributed by atoms with E-state index in [1.807, 2.05) is 0 Å². The van der Waals surface area contributed by atoms with Crippen molar-refractivity contribution in [3.63, 3.8) is 0 Å². The molecule has 132 valence electrons. The number of amides is 2. The van der Waals surface area contributed by atoms with Gasteiger partial charge in [-0.25, -0.2) is 17.6 Å². The summed E-state index contributed by atoms with van der Waals surface area (Å²) in [5, 5.41) is 2.48. The molecule has 0 bridgehead atoms. The van der Waals surface area contributed by atoms with E-state index in [-0.39, 0.29) is 22.4 Å². The Hall–Kier alpha value is -2.61. The second-order valence-corrected chi connectivity index (χ2v) is 7.70. The van der Waals surface area contributed by atoms with Gasteiger partial charge < -0.3 is 15.8 Å². The maximum Gasteiger partial charge on any atom is 0.312 e. The Morgan fingerprint density at radius 3 is 2.72 bits per heavy atom. The minimum Gasteiger partial charge on any atom is -0.488 e. The first-order chi connectivity index (χ1) is 11.9. The summed E-state index contributed by atoms with van der Waals surface area (Å²) < 4.78 is 44.5. The highest BCUT2D eigenvalue weighted by Crippen LogP contribution is 2.32. The topological polar surface area (TPSA) is 98.5 Å². The highest BCUT2D eigenvalue weighted by Gasteiger charge is 2.24. The molecule has 0 saturated heterocycles. The number of urea groups is 1. The molecule has 3 rings (SSSR count). The zero-order chi connectivity index (χ0) is 18.0. The second-order valence-electron chi connectivity index (χ2n) is 5.75. The zero-order valence-electron chi connectivity index (χ0n) is 13.2. The molecule has 8 heteroatoms. The molecule has 2 aromatic carbocycles. The van der Waals surface area contributed by atoms with Crippen molar-refractivity contribution in [1.82, 2.24) is 5.32 Å². The van der Waals surface area contributed by atoms with Crippen LogP contribution < -0.4 is 15.8 Å². The summed E-state index contributed by atoms with van der Waals surface area (Å²) in [5.74, 6) is -0.173. The van der Waals surface area contributed by atoms with Crippen LogP contribution in [0.5, 0.6) is 5.75 Å². The number of primary amides is 1. The minimum absolute atomic E-state index is 0.0281. The monoisotopic (exact) mass is 364 g/mol. The number of halogens is 1. The fraction of sp³-hybridized carbons (Fsp3) is 0.235. The van der Waals surface area contributed by atoms with Crippen molar-refractivity contribution in [2.75, 3.05) is 6.54 Å². The normalized spacial score (nSPS) is 16.6. The largest absolute Gasteiger partial charge is 0.488 e. The van der Waals surface area contributed by atoms with E-state index in [0.29, 0.717) is 18.6 Å². The Labute approximate surface area is 144 Å². The smallest absolute Gasteiger partial charge is 0.312 e. The number of carbonyl (C=O) groups excluding carboxylic acids is 1. The molecule has 0 spiro atoms. The van der Waals surface area contributed by atoms with Crippen molar-refractivity contribution in [3.8, 4) is 5.75 Å². The van der Waals surface area contributed by atoms with Gasteiger partial charge in [-0.05, 0) is 48.7 Å². The molecule has 0 aromatic heterocycles. The van der Waals surface area contributed by atoms with Crippen LogP contribution in [-0.4, -0.2) is 27.1 Å². The highest BCUT2D eigenvalue weighted by molar-refractivity contribution is 7.91. The molecule has 1 aliphatic rings. The van der Waals surface area contributed by atoms with Gasteiger partial charge in [0.2, 0.25) is 9.84 Å². The second kappa shape index (κ2) is 6.72. The highest BCUT2D eigenvalue weighted by atomic mass is 32.2. The Kier molecular flexibility index (Phi) is 4.63. The van der Waals surface area contributed by atoms with Crippen molar-refractivity contribution in [1.29, 1.82) is 0 Å². The number of rotatable bonds is 4. The lowest BCUT2D eigenvalue weighted by Gasteiger charge is -2.26. The Balaban J connectivity index is 1.88. The number of aryl methyl sites for hydroxylation is 1. The average Bonchev–Trinajstić information content (AvgIpc) is 2.59. The van der Waals surface area contributed by atoms with E-state index in [1.165, 1.54) is 30.3 Å². The van der Waals surface area contributed by atoms with Crippen molar-refractivity contribution in [2.24, 2.45) is 5.73 Å². The fourth-order valence-electron chi connectivity index (χ4n) is 2.70. The number of carbonyl (C=O) groups is 1. The van der Waals surface area contributed by atoms with Gasteiger partial charge in [0.25, 0.3) is 0 Å². The molecule has 2 amide bonds. The number of fused-ring (bicyclic) bond motifs is 1. The maximum atomic E-state index is 13.4. The van der Waals surface area contributed by atoms with Gasteiger partial charge in [0.15, 0.2) is 0 Å². The Morgan fingerprint density at radius 2 is 2.00 bits per heavy atom. The molecule has 6 nitrogen and oxygen atoms in total. The lowest BCUT2D eigenvalue weighted by Crippen LogP contribution is -2.39. The van der Waals surface area contributed by atoms with Gasteiger partial charge in [0.1, 0.15) is 17.7 Å². The molecule has 0 aliphatic carbocycles. The van der Waals surface area contributed by atoms with Crippen molar-refractivity contribution in [2.45, 2.75) is 28.7 Å². The molecule has 2 aromatic rings. The molecule has 0 saturated carbocycles. The summed E-state index contributed by atoms with van der Waals surface area (Å²) in [6.07, 6.45) is 1.09. The van der Waals surface area contributed by atoms with Crippen LogP contribution in [0.2, 0.25) is 0 Å². The third kappa shape index (κ3) is 3.74. The van der Waals surface area contributed by atoms with E-state index >= 15 is 0 Å². The molecular weight excluding hydrogens is 347 g/mol. The third-order valence-corrected chi connectivity index (χ3v) is 5.74. The van der Waals surface area contributed by atoms with Gasteiger partial charge >= 0.3 is 6.03 Å². The summed E-state index contributed by atoms with van der Waals surface area (Å²) in [5.41, 5.74) is 5.93. The van der Waals surface area contributed by atoms with E-state index in [1.54, 1.807) is 6.07 Å². The number of nitrogens with one attached hydrogen (secondary N) is 1. The maximum absolute atomic E-state index is 13.4. The van der Waals surface area contributed by atoms with Crippen LogP contribution in [0, 0.1) is 5.82 Å². The standard InChI is InChI=1S/C17H17FN2O4S/c18-12-2-1-3-14(8-12)25(22,23)15-7-5-11-4-6-13(10-20-17(19)21)24-16(11)9-15/h1-3,5,7-9,13H,4,6,10H2,(H3,19,20,21). The van der Waals surface area contributed by atoms with E-state index in [4.69, 9.17) is 10.5 Å². The van der Waals surface area contributed by atoms with Gasteiger partial charge in [-0.1, -0.05) is 12.1 Å². The molecule has 3 N–H and O–H groups in total. The van der Waals surface area contributed by atoms with Gasteiger partial charge in [-0.2, -0.15) is 0 Å². The number of sulfone groups is 1. The lowest BCUT2D eigenvalue weighted by atomic mass is 10.0. The summed E-state index contributed by atoms with van der Waals surface area (Å²) in [6, 6.07) is 8.84. The van der Waals surface area contributed by atoms with Gasteiger partial charge in [-0.3, -0.25) is 0 Å². The van der Waals surface area contributed by atoms with Crippen LogP contribution in [0.4, 0.5) is 9.18 Å². The van der Waals surface area contributed by atoms with E-state index < -0.39 is 21.7 Å². The minimum atomic E-state index is -3.85. The van der Waals surface area contributed by atoms with Crippen molar-refractivity contribution in [3.05, 3.63) is 53.8 Å². The molecule has 1 aliphatic heterocycles. The van der Waals surface area contributed by atoms with Crippen LogP contribution in [0.1, 0.15) is 12.0 Å². The number of nitrogens with two attached hydrogens (primary N) is 1. The Morgan fingerprint density at radius 1 is 1.24 bits per heavy atom. The fourth-order valence-corrected chi connectivity index (χ4v) is 4.01. The van der Waals surface area contributed by atoms with Gasteiger partial charge in [-0.15, -0.1) is 0 Å². The first kappa shape index (κ1) is 17.2. The van der Waals surface area contributed by atoms with Crippen LogP contribution >= 0.6 is 0 Å². The lowest BCUT2D eigenvalue weighted by molar-refractivity contribution is 0.170. The SMILES string of the molecule is NC(=O)NCC1CCc2ccc(S(=O)(=O)c3cccc(F)c3)cc2O1. The van der Waals surface area contributed by atoms with Crippen molar-refractivity contribution < 1.29 is 22.3 Å². The Bertz CT molecular complexity index is 915. The molecule has 1 unspecified atom stereocenters. The van der Waals surface area contributed by atoms with Crippen LogP contribution in [0.25, 0.3) is 0 Å². The number of benzene rings is 2.